The molecule has 5 nitrogen and oxygen atoms in total. The summed E-state index contributed by atoms with van der Waals surface area (Å²) in [4.78, 5) is 9.58. The number of ether oxygens (including phenoxy) is 1. The Kier molecular flexibility index (Phi) is 13.9. The molecule has 0 radical (unpaired) electrons. The third-order valence-electron chi connectivity index (χ3n) is 15.3. The molecule has 1 aliphatic heterocycles. The Morgan fingerprint density at radius 1 is 0.461 bits per heavy atom. The van der Waals surface area contributed by atoms with E-state index in [1.54, 1.807) is 0 Å². The average Bonchev–Trinajstić information content (AvgIpc) is 4.01. The zero-order chi connectivity index (χ0) is 52.3. The normalized spacial score (nSPS) is 13.3. The molecule has 2 aromatic heterocycles. The van der Waals surface area contributed by atoms with Gasteiger partial charge >= 0.3 is 0 Å². The summed E-state index contributed by atoms with van der Waals surface area (Å²) in [6, 6.07) is 77.1. The van der Waals surface area contributed by atoms with Crippen molar-refractivity contribution in [3.8, 4) is 28.4 Å². The molecule has 0 bridgehead atoms. The average molecular weight is 1170 g/mol. The van der Waals surface area contributed by atoms with E-state index in [1.165, 1.54) is 38.9 Å². The number of aromatic nitrogens is 2. The SMILES string of the molecule is CC(C)(C)c1cc(Oc2[c-]c3c(cc2)c2cc(C(C)(C)c4ccccc4)ccc2n3-c2cc(C(C)(C)c3ccccc3)ccn2)[c-]c(N2C=C(c3ccccc3)N(c3cc(-c4ccccc4)cc(C(C)(C)C)c3)[CH-]2)c1.[Pt]. The number of hydrogen-bond donors (Lipinski definition) is 0. The van der Waals surface area contributed by atoms with Gasteiger partial charge in [0.25, 0.3) is 0 Å². The minimum atomic E-state index is -0.267. The summed E-state index contributed by atoms with van der Waals surface area (Å²) < 4.78 is 9.26. The molecule has 3 heterocycles. The smallest absolute Gasteiger partial charge is 0.135 e. The van der Waals surface area contributed by atoms with Gasteiger partial charge in [-0.05, 0) is 97.3 Å². The van der Waals surface area contributed by atoms with E-state index in [1.807, 2.05) is 12.3 Å². The molecule has 0 saturated carbocycles. The van der Waals surface area contributed by atoms with E-state index in [0.29, 0.717) is 11.5 Å². The van der Waals surface area contributed by atoms with Crippen LogP contribution >= 0.6 is 0 Å². The van der Waals surface area contributed by atoms with Gasteiger partial charge < -0.3 is 19.1 Å². The molecule has 76 heavy (non-hydrogen) atoms. The monoisotopic (exact) mass is 1170 g/mol. The number of fused-ring (bicyclic) bond motifs is 3. The molecule has 11 rings (SSSR count). The molecular weight excluding hydrogens is 1110 g/mol. The van der Waals surface area contributed by atoms with Crippen LogP contribution in [0.2, 0.25) is 0 Å². The zero-order valence-electron chi connectivity index (χ0n) is 45.2. The largest absolute Gasteiger partial charge is 0.509 e. The fourth-order valence-electron chi connectivity index (χ4n) is 10.4. The van der Waals surface area contributed by atoms with E-state index in [2.05, 4.69) is 297 Å². The molecule has 0 fully saturated rings. The first kappa shape index (κ1) is 52.0. The van der Waals surface area contributed by atoms with Crippen molar-refractivity contribution in [2.45, 2.75) is 90.9 Å². The molecule has 0 saturated heterocycles. The molecule has 384 valence electrons. The van der Waals surface area contributed by atoms with Crippen molar-refractivity contribution in [2.75, 3.05) is 9.80 Å². The van der Waals surface area contributed by atoms with Crippen LogP contribution in [0.4, 0.5) is 11.4 Å². The first-order valence-electron chi connectivity index (χ1n) is 26.2. The van der Waals surface area contributed by atoms with Crippen LogP contribution < -0.4 is 14.5 Å². The number of rotatable bonds is 11. The van der Waals surface area contributed by atoms with Gasteiger partial charge in [-0.3, -0.25) is 0 Å². The Morgan fingerprint density at radius 2 is 1.04 bits per heavy atom. The van der Waals surface area contributed by atoms with Gasteiger partial charge in [0.2, 0.25) is 0 Å². The van der Waals surface area contributed by atoms with Crippen molar-refractivity contribution < 1.29 is 25.8 Å². The Morgan fingerprint density at radius 3 is 1.66 bits per heavy atom. The van der Waals surface area contributed by atoms with Gasteiger partial charge in [0, 0.05) is 66.5 Å². The second-order valence-corrected chi connectivity index (χ2v) is 23.2. The second kappa shape index (κ2) is 20.2. The first-order valence-corrected chi connectivity index (χ1v) is 26.2. The predicted octanol–water partition coefficient (Wildman–Crippen LogP) is 17.9. The zero-order valence-corrected chi connectivity index (χ0v) is 47.5. The Balaban J connectivity index is 0.00000657. The summed E-state index contributed by atoms with van der Waals surface area (Å²) in [6.07, 6.45) is 4.15. The van der Waals surface area contributed by atoms with Gasteiger partial charge in [0.05, 0.1) is 0 Å². The van der Waals surface area contributed by atoms with Crippen LogP contribution in [0, 0.1) is 18.8 Å². The molecule has 0 amide bonds. The van der Waals surface area contributed by atoms with Gasteiger partial charge in [0.1, 0.15) is 5.82 Å². The van der Waals surface area contributed by atoms with Gasteiger partial charge in [-0.25, -0.2) is 4.98 Å². The minimum absolute atomic E-state index is 0. The van der Waals surface area contributed by atoms with Gasteiger partial charge in [-0.1, -0.05) is 214 Å². The summed E-state index contributed by atoms with van der Waals surface area (Å²) in [5.41, 5.74) is 14.9. The van der Waals surface area contributed by atoms with E-state index < -0.39 is 0 Å². The maximum absolute atomic E-state index is 7.00. The second-order valence-electron chi connectivity index (χ2n) is 23.2. The quantitative estimate of drug-likeness (QED) is 0.121. The molecular formula is C70H65N4OPt-3. The third-order valence-corrected chi connectivity index (χ3v) is 15.3. The maximum atomic E-state index is 7.00. The molecule has 0 atom stereocenters. The van der Waals surface area contributed by atoms with Crippen molar-refractivity contribution in [3.63, 3.8) is 0 Å². The van der Waals surface area contributed by atoms with Crippen LogP contribution in [0.5, 0.6) is 11.5 Å². The topological polar surface area (TPSA) is 33.5 Å². The number of pyridine rings is 1. The van der Waals surface area contributed by atoms with Gasteiger partial charge in [0.15, 0.2) is 0 Å². The standard InChI is InChI=1S/C70H65N4O.Pt/c1-67(2,3)55-37-50(48-23-15-11-16-24-48)38-58(40-55)73-47-72(46-65(73)49-25-17-12-18-26-49)57-39-56(68(4,5)6)41-60(44-57)75-59-32-33-61-62-42-53(69(7,8)51-27-19-13-20-28-51)31-34-63(62)74(64(61)45-59)66-43-54(35-36-71-66)70(9,10)52-29-21-14-22-30-52;/h11-43,46-47H,1-10H3;/q-3;. The van der Waals surface area contributed by atoms with Crippen LogP contribution in [-0.4, -0.2) is 9.55 Å². The predicted molar refractivity (Wildman–Crippen MR) is 313 cm³/mol. The van der Waals surface area contributed by atoms with Crippen LogP contribution in [0.15, 0.2) is 207 Å². The number of hydrogen-bond acceptors (Lipinski definition) is 4. The van der Waals surface area contributed by atoms with Crippen LogP contribution in [0.3, 0.4) is 0 Å². The molecule has 1 aliphatic rings. The van der Waals surface area contributed by atoms with Crippen molar-refractivity contribution in [3.05, 3.63) is 264 Å². The Bertz CT molecular complexity index is 3730. The molecule has 6 heteroatoms. The summed E-state index contributed by atoms with van der Waals surface area (Å²) in [5.74, 6) is 2.02. The fourth-order valence-corrected chi connectivity index (χ4v) is 10.4. The summed E-state index contributed by atoms with van der Waals surface area (Å²) in [6.45, 7) is 24.9. The maximum Gasteiger partial charge on any atom is 0.135 e. The molecule has 8 aromatic carbocycles. The fraction of sp³-hybridized carbons (Fsp3) is 0.200. The summed E-state index contributed by atoms with van der Waals surface area (Å²) >= 11 is 0. The van der Waals surface area contributed by atoms with Crippen molar-refractivity contribution in [1.29, 1.82) is 0 Å². The molecule has 0 aliphatic carbocycles. The van der Waals surface area contributed by atoms with Crippen LogP contribution in [0.1, 0.15) is 108 Å². The molecule has 0 N–H and O–H groups in total. The van der Waals surface area contributed by atoms with Crippen LogP contribution in [0.25, 0.3) is 44.4 Å². The molecule has 0 spiro atoms. The van der Waals surface area contributed by atoms with Crippen molar-refractivity contribution in [1.82, 2.24) is 9.55 Å². The van der Waals surface area contributed by atoms with Crippen molar-refractivity contribution in [2.24, 2.45) is 0 Å². The van der Waals surface area contributed by atoms with E-state index in [4.69, 9.17) is 9.72 Å². The van der Waals surface area contributed by atoms with Gasteiger partial charge in [-0.15, -0.1) is 53.6 Å². The number of anilines is 2. The van der Waals surface area contributed by atoms with Crippen molar-refractivity contribution >= 4 is 38.9 Å². The summed E-state index contributed by atoms with van der Waals surface area (Å²) in [5, 5.41) is 2.20. The van der Waals surface area contributed by atoms with E-state index in [-0.39, 0.29) is 42.7 Å². The van der Waals surface area contributed by atoms with Crippen LogP contribution in [-0.2, 0) is 42.7 Å². The number of benzene rings is 8. The molecule has 0 unspecified atom stereocenters. The van der Waals surface area contributed by atoms with Gasteiger partial charge in [-0.2, -0.15) is 6.07 Å². The molecule has 10 aromatic rings. The van der Waals surface area contributed by atoms with E-state index in [0.717, 1.165) is 55.8 Å². The summed E-state index contributed by atoms with van der Waals surface area (Å²) in [7, 11) is 0. The van der Waals surface area contributed by atoms with E-state index >= 15 is 0 Å². The number of nitrogens with zero attached hydrogens (tertiary/aromatic N) is 4. The minimum Gasteiger partial charge on any atom is -0.509 e. The Labute approximate surface area is 464 Å². The Hall–Kier alpha value is -7.46. The van der Waals surface area contributed by atoms with E-state index in [9.17, 15) is 0 Å². The first-order chi connectivity index (χ1) is 35.9. The third kappa shape index (κ3) is 10.1.